The summed E-state index contributed by atoms with van der Waals surface area (Å²) in [6.07, 6.45) is 1.12. The summed E-state index contributed by atoms with van der Waals surface area (Å²) in [4.78, 5) is 12.8. The van der Waals surface area contributed by atoms with Gasteiger partial charge in [-0.2, -0.15) is 0 Å². The average Bonchev–Trinajstić information content (AvgIpc) is 2.74. The first-order valence-corrected chi connectivity index (χ1v) is 5.79. The Labute approximate surface area is 104 Å². The van der Waals surface area contributed by atoms with Gasteiger partial charge in [0.15, 0.2) is 0 Å². The number of amides is 1. The van der Waals surface area contributed by atoms with Gasteiger partial charge in [0, 0.05) is 13.1 Å². The average molecular weight is 256 g/mol. The highest BCUT2D eigenvalue weighted by molar-refractivity contribution is 6.33. The summed E-state index contributed by atoms with van der Waals surface area (Å²) in [6, 6.07) is 3.28. The van der Waals surface area contributed by atoms with Gasteiger partial charge >= 0.3 is 6.09 Å². The third kappa shape index (κ3) is 2.55. The van der Waals surface area contributed by atoms with E-state index in [1.807, 2.05) is 0 Å². The van der Waals surface area contributed by atoms with Crippen LogP contribution in [0.5, 0.6) is 0 Å². The largest absolute Gasteiger partial charge is 0.465 e. The second-order valence-corrected chi connectivity index (χ2v) is 4.42. The zero-order valence-corrected chi connectivity index (χ0v) is 10.00. The summed E-state index contributed by atoms with van der Waals surface area (Å²) >= 11 is 6.12. The van der Waals surface area contributed by atoms with Crippen LogP contribution in [0.3, 0.4) is 0 Å². The number of carbonyl (C=O) groups is 1. The van der Waals surface area contributed by atoms with Gasteiger partial charge in [-0.1, -0.05) is 11.6 Å². The molecule has 0 aliphatic carbocycles. The van der Waals surface area contributed by atoms with Crippen LogP contribution < -0.4 is 16.0 Å². The van der Waals surface area contributed by atoms with Crippen molar-refractivity contribution in [3.05, 3.63) is 17.2 Å². The van der Waals surface area contributed by atoms with Crippen molar-refractivity contribution in [3.63, 3.8) is 0 Å². The first-order valence-electron chi connectivity index (χ1n) is 5.42. The number of rotatable bonds is 2. The van der Waals surface area contributed by atoms with E-state index in [0.717, 1.165) is 31.6 Å². The van der Waals surface area contributed by atoms with Gasteiger partial charge in [0.25, 0.3) is 0 Å². The quantitative estimate of drug-likeness (QED) is 0.710. The van der Waals surface area contributed by atoms with E-state index >= 15 is 0 Å². The Morgan fingerprint density at radius 1 is 1.41 bits per heavy atom. The van der Waals surface area contributed by atoms with Crippen molar-refractivity contribution < 1.29 is 9.90 Å². The van der Waals surface area contributed by atoms with Crippen LogP contribution in [-0.4, -0.2) is 24.3 Å². The van der Waals surface area contributed by atoms with Crippen LogP contribution in [0.2, 0.25) is 5.02 Å². The summed E-state index contributed by atoms with van der Waals surface area (Å²) in [5.41, 5.74) is 7.26. The molecule has 6 heteroatoms. The number of nitrogens with one attached hydrogen (secondary N) is 1. The lowest BCUT2D eigenvalue weighted by Gasteiger charge is -2.20. The topological polar surface area (TPSA) is 78.6 Å². The standard InChI is InChI=1S/C11H14ClN3O2/c12-7-5-8(13)9(14-11(16)17)6-10(7)15-3-1-2-4-15/h5-6,14H,1-4,13H2,(H,16,17). The number of benzene rings is 1. The van der Waals surface area contributed by atoms with E-state index in [9.17, 15) is 4.79 Å². The van der Waals surface area contributed by atoms with Crippen LogP contribution in [0.1, 0.15) is 12.8 Å². The molecule has 0 aromatic heterocycles. The fraction of sp³-hybridized carbons (Fsp3) is 0.364. The maximum Gasteiger partial charge on any atom is 0.409 e. The van der Waals surface area contributed by atoms with Gasteiger partial charge in [0.05, 0.1) is 22.1 Å². The number of carboxylic acid groups (broad SMARTS) is 1. The van der Waals surface area contributed by atoms with Crippen molar-refractivity contribution in [2.24, 2.45) is 0 Å². The van der Waals surface area contributed by atoms with Crippen molar-refractivity contribution in [3.8, 4) is 0 Å². The fourth-order valence-corrected chi connectivity index (χ4v) is 2.29. The molecular formula is C11H14ClN3O2. The third-order valence-electron chi connectivity index (χ3n) is 2.81. The maximum absolute atomic E-state index is 10.6. The van der Waals surface area contributed by atoms with Crippen LogP contribution in [0.25, 0.3) is 0 Å². The zero-order valence-electron chi connectivity index (χ0n) is 9.24. The Bertz CT molecular complexity index is 445. The van der Waals surface area contributed by atoms with E-state index in [2.05, 4.69) is 10.2 Å². The number of nitrogens with zero attached hydrogens (tertiary/aromatic N) is 1. The highest BCUT2D eigenvalue weighted by Crippen LogP contribution is 2.35. The molecule has 5 nitrogen and oxygen atoms in total. The lowest BCUT2D eigenvalue weighted by Crippen LogP contribution is -2.19. The molecule has 4 N–H and O–H groups in total. The summed E-state index contributed by atoms with van der Waals surface area (Å²) in [5.74, 6) is 0. The predicted octanol–water partition coefficient (Wildman–Crippen LogP) is 2.61. The number of nitrogens with two attached hydrogens (primary N) is 1. The normalized spacial score (nSPS) is 15.0. The molecule has 17 heavy (non-hydrogen) atoms. The Hall–Kier alpha value is -1.62. The summed E-state index contributed by atoms with van der Waals surface area (Å²) in [7, 11) is 0. The first-order chi connectivity index (χ1) is 8.08. The van der Waals surface area contributed by atoms with Crippen LogP contribution in [-0.2, 0) is 0 Å². The van der Waals surface area contributed by atoms with Gasteiger partial charge in [0.2, 0.25) is 0 Å². The molecule has 1 aromatic rings. The molecule has 1 amide bonds. The Kier molecular flexibility index (Phi) is 3.28. The van der Waals surface area contributed by atoms with E-state index in [0.29, 0.717) is 16.4 Å². The lowest BCUT2D eigenvalue weighted by atomic mass is 10.2. The van der Waals surface area contributed by atoms with Crippen LogP contribution in [0.4, 0.5) is 21.9 Å². The molecular weight excluding hydrogens is 242 g/mol. The molecule has 1 aliphatic heterocycles. The molecule has 0 bridgehead atoms. The van der Waals surface area contributed by atoms with Crippen LogP contribution >= 0.6 is 11.6 Å². The number of hydrogen-bond donors (Lipinski definition) is 3. The highest BCUT2D eigenvalue weighted by Gasteiger charge is 2.17. The minimum absolute atomic E-state index is 0.334. The molecule has 0 saturated carbocycles. The first kappa shape index (κ1) is 11.9. The van der Waals surface area contributed by atoms with Gasteiger partial charge < -0.3 is 15.7 Å². The molecule has 1 aromatic carbocycles. The van der Waals surface area contributed by atoms with Crippen LogP contribution in [0, 0.1) is 0 Å². The highest BCUT2D eigenvalue weighted by atomic mass is 35.5. The maximum atomic E-state index is 10.6. The van der Waals surface area contributed by atoms with Crippen molar-refractivity contribution >= 4 is 34.8 Å². The van der Waals surface area contributed by atoms with Gasteiger partial charge in [-0.25, -0.2) is 4.79 Å². The summed E-state index contributed by atoms with van der Waals surface area (Å²) in [5, 5.41) is 11.5. The molecule has 0 spiro atoms. The van der Waals surface area contributed by atoms with Crippen molar-refractivity contribution in [1.29, 1.82) is 0 Å². The van der Waals surface area contributed by atoms with E-state index in [1.165, 1.54) is 0 Å². The molecule has 1 saturated heterocycles. The Morgan fingerprint density at radius 3 is 2.65 bits per heavy atom. The molecule has 1 heterocycles. The molecule has 2 rings (SSSR count). The smallest absolute Gasteiger partial charge is 0.409 e. The second-order valence-electron chi connectivity index (χ2n) is 4.02. The number of nitrogen functional groups attached to an aromatic ring is 1. The summed E-state index contributed by atoms with van der Waals surface area (Å²) < 4.78 is 0. The predicted molar refractivity (Wildman–Crippen MR) is 69.0 cm³/mol. The lowest BCUT2D eigenvalue weighted by molar-refractivity contribution is 0.210. The Balaban J connectivity index is 2.34. The van der Waals surface area contributed by atoms with E-state index < -0.39 is 6.09 Å². The fourth-order valence-electron chi connectivity index (χ4n) is 2.00. The van der Waals surface area contributed by atoms with Crippen LogP contribution in [0.15, 0.2) is 12.1 Å². The number of hydrogen-bond acceptors (Lipinski definition) is 3. The number of anilines is 3. The molecule has 1 aliphatic rings. The zero-order chi connectivity index (χ0) is 12.4. The minimum atomic E-state index is -1.13. The van der Waals surface area contributed by atoms with Crippen molar-refractivity contribution in [1.82, 2.24) is 0 Å². The van der Waals surface area contributed by atoms with E-state index in [4.69, 9.17) is 22.4 Å². The van der Waals surface area contributed by atoms with Gasteiger partial charge in [-0.15, -0.1) is 0 Å². The van der Waals surface area contributed by atoms with Crippen molar-refractivity contribution in [2.45, 2.75) is 12.8 Å². The van der Waals surface area contributed by atoms with Gasteiger partial charge in [-0.05, 0) is 25.0 Å². The van der Waals surface area contributed by atoms with Gasteiger partial charge in [-0.3, -0.25) is 5.32 Å². The Morgan fingerprint density at radius 2 is 2.06 bits per heavy atom. The summed E-state index contributed by atoms with van der Waals surface area (Å²) in [6.45, 7) is 1.88. The van der Waals surface area contributed by atoms with Crippen molar-refractivity contribution in [2.75, 3.05) is 29.0 Å². The second kappa shape index (κ2) is 4.71. The molecule has 0 atom stereocenters. The van der Waals surface area contributed by atoms with Gasteiger partial charge in [0.1, 0.15) is 0 Å². The number of halogens is 1. The molecule has 0 unspecified atom stereocenters. The monoisotopic (exact) mass is 255 g/mol. The molecule has 0 radical (unpaired) electrons. The molecule has 1 fully saturated rings. The molecule has 92 valence electrons. The van der Waals surface area contributed by atoms with E-state index in [1.54, 1.807) is 12.1 Å². The SMILES string of the molecule is Nc1cc(Cl)c(N2CCCC2)cc1NC(=O)O. The third-order valence-corrected chi connectivity index (χ3v) is 3.11. The van der Waals surface area contributed by atoms with E-state index in [-0.39, 0.29) is 0 Å². The minimum Gasteiger partial charge on any atom is -0.465 e.